The van der Waals surface area contributed by atoms with Crippen LogP contribution in [0.5, 0.6) is 0 Å². The molecule has 0 aliphatic carbocycles. The molecule has 5 heteroatoms. The van der Waals surface area contributed by atoms with Gasteiger partial charge in [-0.2, -0.15) is 0 Å². The second kappa shape index (κ2) is 8.62. The van der Waals surface area contributed by atoms with E-state index in [1.54, 1.807) is 23.9 Å². The second-order valence-corrected chi connectivity index (χ2v) is 7.98. The molecule has 1 aliphatic heterocycles. The highest BCUT2D eigenvalue weighted by Gasteiger charge is 2.18. The van der Waals surface area contributed by atoms with Crippen molar-refractivity contribution in [1.82, 2.24) is 5.32 Å². The molecule has 29 heavy (non-hydrogen) atoms. The van der Waals surface area contributed by atoms with Crippen molar-refractivity contribution >= 4 is 29.1 Å². The Bertz CT molecular complexity index is 1080. The van der Waals surface area contributed by atoms with E-state index in [0.29, 0.717) is 12.1 Å². The van der Waals surface area contributed by atoms with E-state index in [0.717, 1.165) is 40.3 Å². The highest BCUT2D eigenvalue weighted by Crippen LogP contribution is 2.41. The van der Waals surface area contributed by atoms with Crippen molar-refractivity contribution in [3.8, 4) is 0 Å². The molecule has 0 fully saturated rings. The number of nitrogens with one attached hydrogen (secondary N) is 1. The van der Waals surface area contributed by atoms with Crippen LogP contribution >= 0.6 is 11.8 Å². The molecule has 3 aromatic rings. The normalized spacial score (nSPS) is 12.4. The molecule has 0 atom stereocenters. The van der Waals surface area contributed by atoms with E-state index in [4.69, 9.17) is 4.99 Å². The summed E-state index contributed by atoms with van der Waals surface area (Å²) < 4.78 is 13.0. The van der Waals surface area contributed by atoms with E-state index >= 15 is 0 Å². The molecule has 1 amide bonds. The van der Waals surface area contributed by atoms with Gasteiger partial charge in [-0.3, -0.25) is 9.79 Å². The number of halogens is 1. The van der Waals surface area contributed by atoms with Crippen LogP contribution in [0.3, 0.4) is 0 Å². The summed E-state index contributed by atoms with van der Waals surface area (Å²) in [4.78, 5) is 19.8. The Hall–Kier alpha value is -2.92. The molecule has 1 N–H and O–H groups in total. The molecule has 1 heterocycles. The van der Waals surface area contributed by atoms with E-state index in [2.05, 4.69) is 24.4 Å². The Balaban J connectivity index is 1.59. The van der Waals surface area contributed by atoms with Gasteiger partial charge in [0.05, 0.1) is 5.69 Å². The lowest BCUT2D eigenvalue weighted by Crippen LogP contribution is -2.22. The molecular weight excluding hydrogens is 383 g/mol. The van der Waals surface area contributed by atoms with Crippen molar-refractivity contribution in [3.05, 3.63) is 89.2 Å². The van der Waals surface area contributed by atoms with Crippen LogP contribution in [-0.4, -0.2) is 11.6 Å². The average molecular weight is 405 g/mol. The number of aliphatic imine (C=N–C) groups is 1. The second-order valence-electron chi connectivity index (χ2n) is 6.90. The molecule has 0 radical (unpaired) electrons. The molecule has 4 rings (SSSR count). The van der Waals surface area contributed by atoms with Gasteiger partial charge in [0.15, 0.2) is 0 Å². The number of benzene rings is 3. The first kappa shape index (κ1) is 19.4. The predicted molar refractivity (Wildman–Crippen MR) is 116 cm³/mol. The molecule has 0 spiro atoms. The molecular formula is C24H21FN2OS. The highest BCUT2D eigenvalue weighted by molar-refractivity contribution is 7.99. The number of carbonyl (C=O) groups is 1. The van der Waals surface area contributed by atoms with E-state index in [9.17, 15) is 9.18 Å². The van der Waals surface area contributed by atoms with Gasteiger partial charge < -0.3 is 5.32 Å². The lowest BCUT2D eigenvalue weighted by molar-refractivity contribution is 0.0951. The molecule has 0 aromatic heterocycles. The van der Waals surface area contributed by atoms with E-state index < -0.39 is 0 Å². The fourth-order valence-corrected chi connectivity index (χ4v) is 4.29. The standard InChI is InChI=1S/C24H21FN2OS/c1-2-5-20-19-6-3-4-7-22(19)29-23-13-10-17(14-21(23)27-20)24(28)26-15-16-8-11-18(25)12-9-16/h3-4,6-14H,2,5,15H2,1H3,(H,26,28). The van der Waals surface area contributed by atoms with E-state index in [1.165, 1.54) is 17.0 Å². The van der Waals surface area contributed by atoms with Gasteiger partial charge in [-0.05, 0) is 48.4 Å². The third-order valence-electron chi connectivity index (χ3n) is 4.75. The van der Waals surface area contributed by atoms with Crippen LogP contribution in [0.25, 0.3) is 0 Å². The fraction of sp³-hybridized carbons (Fsp3) is 0.167. The smallest absolute Gasteiger partial charge is 0.251 e. The quantitative estimate of drug-likeness (QED) is 0.555. The van der Waals surface area contributed by atoms with Crippen LogP contribution < -0.4 is 5.32 Å². The van der Waals surface area contributed by atoms with Crippen molar-refractivity contribution in [2.75, 3.05) is 0 Å². The van der Waals surface area contributed by atoms with Gasteiger partial charge in [0, 0.05) is 33.2 Å². The molecule has 146 valence electrons. The molecule has 3 aromatic carbocycles. The predicted octanol–water partition coefficient (Wildman–Crippen LogP) is 6.14. The van der Waals surface area contributed by atoms with Crippen molar-refractivity contribution in [2.45, 2.75) is 36.1 Å². The summed E-state index contributed by atoms with van der Waals surface area (Å²) in [5, 5.41) is 2.89. The summed E-state index contributed by atoms with van der Waals surface area (Å²) in [7, 11) is 0. The summed E-state index contributed by atoms with van der Waals surface area (Å²) in [6, 6.07) is 20.1. The Morgan fingerprint density at radius 1 is 1.03 bits per heavy atom. The first-order chi connectivity index (χ1) is 14.1. The maximum Gasteiger partial charge on any atom is 0.251 e. The Morgan fingerprint density at radius 2 is 1.83 bits per heavy atom. The molecule has 0 unspecified atom stereocenters. The van der Waals surface area contributed by atoms with Crippen molar-refractivity contribution in [2.24, 2.45) is 4.99 Å². The van der Waals surface area contributed by atoms with Gasteiger partial charge in [0.25, 0.3) is 5.91 Å². The highest BCUT2D eigenvalue weighted by atomic mass is 32.2. The maximum atomic E-state index is 13.0. The van der Waals surface area contributed by atoms with Crippen LogP contribution in [0.2, 0.25) is 0 Å². The lowest BCUT2D eigenvalue weighted by Gasteiger charge is -2.08. The summed E-state index contributed by atoms with van der Waals surface area (Å²) >= 11 is 1.68. The maximum absolute atomic E-state index is 13.0. The van der Waals surface area contributed by atoms with Crippen molar-refractivity contribution < 1.29 is 9.18 Å². The number of amides is 1. The van der Waals surface area contributed by atoms with Crippen LogP contribution in [0.4, 0.5) is 10.1 Å². The zero-order chi connectivity index (χ0) is 20.2. The Labute approximate surface area is 174 Å². The summed E-state index contributed by atoms with van der Waals surface area (Å²) in [5.74, 6) is -0.457. The van der Waals surface area contributed by atoms with Crippen LogP contribution in [-0.2, 0) is 6.54 Å². The van der Waals surface area contributed by atoms with Gasteiger partial charge in [0.1, 0.15) is 5.82 Å². The SMILES string of the molecule is CCCC1=Nc2cc(C(=O)NCc3ccc(F)cc3)ccc2Sc2ccccc21. The van der Waals surface area contributed by atoms with Crippen molar-refractivity contribution in [1.29, 1.82) is 0 Å². The van der Waals surface area contributed by atoms with Gasteiger partial charge >= 0.3 is 0 Å². The van der Waals surface area contributed by atoms with Crippen LogP contribution in [0.1, 0.15) is 41.3 Å². The molecule has 3 nitrogen and oxygen atoms in total. The monoisotopic (exact) mass is 404 g/mol. The number of nitrogens with zero attached hydrogens (tertiary/aromatic N) is 1. The zero-order valence-corrected chi connectivity index (χ0v) is 16.9. The number of rotatable bonds is 5. The average Bonchev–Trinajstić information content (AvgIpc) is 2.89. The fourth-order valence-electron chi connectivity index (χ4n) is 3.26. The lowest BCUT2D eigenvalue weighted by atomic mass is 10.1. The van der Waals surface area contributed by atoms with Crippen LogP contribution in [0, 0.1) is 5.82 Å². The number of carbonyl (C=O) groups excluding carboxylic acids is 1. The topological polar surface area (TPSA) is 41.5 Å². The molecule has 0 saturated carbocycles. The number of fused-ring (bicyclic) bond motifs is 2. The molecule has 0 saturated heterocycles. The summed E-state index contributed by atoms with van der Waals surface area (Å²) in [6.45, 7) is 2.49. The minimum absolute atomic E-state index is 0.170. The van der Waals surface area contributed by atoms with E-state index in [1.807, 2.05) is 30.3 Å². The number of hydrogen-bond acceptors (Lipinski definition) is 3. The first-order valence-corrected chi connectivity index (χ1v) is 10.5. The largest absolute Gasteiger partial charge is 0.348 e. The van der Waals surface area contributed by atoms with Crippen molar-refractivity contribution in [3.63, 3.8) is 0 Å². The van der Waals surface area contributed by atoms with Gasteiger partial charge in [-0.25, -0.2) is 4.39 Å². The minimum Gasteiger partial charge on any atom is -0.348 e. The van der Waals surface area contributed by atoms with Gasteiger partial charge in [-0.1, -0.05) is 55.4 Å². The third kappa shape index (κ3) is 4.40. The summed E-state index contributed by atoms with van der Waals surface area (Å²) in [5.41, 5.74) is 4.46. The van der Waals surface area contributed by atoms with E-state index in [-0.39, 0.29) is 11.7 Å². The Morgan fingerprint density at radius 3 is 2.62 bits per heavy atom. The third-order valence-corrected chi connectivity index (χ3v) is 5.89. The molecule has 1 aliphatic rings. The van der Waals surface area contributed by atoms with Gasteiger partial charge in [0.2, 0.25) is 0 Å². The zero-order valence-electron chi connectivity index (χ0n) is 16.1. The minimum atomic E-state index is -0.287. The summed E-state index contributed by atoms with van der Waals surface area (Å²) in [6.07, 6.45) is 1.89. The Kier molecular flexibility index (Phi) is 5.76. The van der Waals surface area contributed by atoms with Gasteiger partial charge in [-0.15, -0.1) is 0 Å². The first-order valence-electron chi connectivity index (χ1n) is 9.65. The molecule has 0 bridgehead atoms. The number of hydrogen-bond donors (Lipinski definition) is 1. The van der Waals surface area contributed by atoms with Crippen LogP contribution in [0.15, 0.2) is 81.5 Å².